The summed E-state index contributed by atoms with van der Waals surface area (Å²) in [4.78, 5) is 4.99. The van der Waals surface area contributed by atoms with E-state index in [-0.39, 0.29) is 0 Å². The number of benzene rings is 2. The van der Waals surface area contributed by atoms with Crippen LogP contribution in [0, 0.1) is 11.8 Å². The lowest BCUT2D eigenvalue weighted by Gasteiger charge is -2.31. The number of hydrogen-bond donors (Lipinski definition) is 1. The van der Waals surface area contributed by atoms with Crippen molar-refractivity contribution in [3.8, 4) is 0 Å². The Bertz CT molecular complexity index is 929. The van der Waals surface area contributed by atoms with Crippen molar-refractivity contribution < 1.29 is 0 Å². The van der Waals surface area contributed by atoms with Crippen LogP contribution in [0.25, 0.3) is 0 Å². The van der Waals surface area contributed by atoms with Crippen molar-refractivity contribution in [1.29, 1.82) is 0 Å². The van der Waals surface area contributed by atoms with Crippen LogP contribution in [0.15, 0.2) is 101 Å². The molecule has 0 aliphatic heterocycles. The maximum atomic E-state index is 5.85. The van der Waals surface area contributed by atoms with Gasteiger partial charge in [-0.1, -0.05) is 87.9 Å². The highest BCUT2D eigenvalue weighted by Gasteiger charge is 2.28. The van der Waals surface area contributed by atoms with Crippen molar-refractivity contribution in [2.75, 3.05) is 0 Å². The van der Waals surface area contributed by atoms with E-state index in [0.29, 0.717) is 17.8 Å². The van der Waals surface area contributed by atoms with Gasteiger partial charge in [0.25, 0.3) is 0 Å². The quantitative estimate of drug-likeness (QED) is 0.537. The lowest BCUT2D eigenvalue weighted by Crippen LogP contribution is -2.20. The number of allylic oxidation sites excluding steroid dienone is 5. The summed E-state index contributed by atoms with van der Waals surface area (Å²) in [5.74, 6) is 1.23. The molecule has 0 spiro atoms. The zero-order chi connectivity index (χ0) is 20.8. The summed E-state index contributed by atoms with van der Waals surface area (Å²) in [5.41, 5.74) is 13.2. The van der Waals surface area contributed by atoms with Crippen molar-refractivity contribution in [2.24, 2.45) is 22.6 Å². The first-order valence-electron chi connectivity index (χ1n) is 10.5. The Kier molecular flexibility index (Phi) is 6.87. The van der Waals surface area contributed by atoms with Crippen LogP contribution in [-0.4, -0.2) is 5.71 Å². The molecule has 2 aromatic carbocycles. The van der Waals surface area contributed by atoms with E-state index in [4.69, 9.17) is 10.7 Å². The van der Waals surface area contributed by atoms with Gasteiger partial charge in [0.1, 0.15) is 0 Å². The highest BCUT2D eigenvalue weighted by Crippen LogP contribution is 2.41. The lowest BCUT2D eigenvalue weighted by molar-refractivity contribution is 0.642. The number of aliphatic imine (C=N–C) groups is 1. The Morgan fingerprint density at radius 3 is 2.10 bits per heavy atom. The number of hydrogen-bond acceptors (Lipinski definition) is 2. The molecule has 0 aromatic heterocycles. The van der Waals surface area contributed by atoms with Crippen molar-refractivity contribution in [2.45, 2.75) is 40.0 Å². The van der Waals surface area contributed by atoms with Crippen LogP contribution >= 0.6 is 0 Å². The molecule has 0 heterocycles. The second kappa shape index (κ2) is 9.56. The molecule has 0 amide bonds. The first-order valence-corrected chi connectivity index (χ1v) is 10.5. The molecule has 29 heavy (non-hydrogen) atoms. The molecular formula is C27H32N2. The smallest absolute Gasteiger partial charge is 0.0725 e. The Morgan fingerprint density at radius 1 is 0.931 bits per heavy atom. The minimum atomic E-state index is 0.398. The summed E-state index contributed by atoms with van der Waals surface area (Å²) < 4.78 is 0. The first-order chi connectivity index (χ1) is 14.0. The first kappa shape index (κ1) is 20.9. The lowest BCUT2D eigenvalue weighted by atomic mass is 9.73. The number of rotatable bonds is 6. The normalized spacial score (nSPS) is 18.1. The minimum absolute atomic E-state index is 0.398. The van der Waals surface area contributed by atoms with Crippen LogP contribution in [-0.2, 0) is 0 Å². The molecule has 0 saturated heterocycles. The van der Waals surface area contributed by atoms with E-state index < -0.39 is 0 Å². The molecule has 2 aromatic rings. The molecule has 2 nitrogen and oxygen atoms in total. The van der Waals surface area contributed by atoms with E-state index >= 15 is 0 Å². The third-order valence-electron chi connectivity index (χ3n) is 5.49. The Labute approximate surface area is 175 Å². The molecule has 0 radical (unpaired) electrons. The maximum absolute atomic E-state index is 5.85. The largest absolute Gasteiger partial charge is 0.405 e. The summed E-state index contributed by atoms with van der Waals surface area (Å²) >= 11 is 0. The summed E-state index contributed by atoms with van der Waals surface area (Å²) in [7, 11) is 0. The molecule has 1 unspecified atom stereocenters. The van der Waals surface area contributed by atoms with E-state index in [1.54, 1.807) is 6.20 Å². The molecule has 1 aliphatic rings. The molecule has 1 atom stereocenters. The zero-order valence-corrected chi connectivity index (χ0v) is 18.0. The van der Waals surface area contributed by atoms with Gasteiger partial charge < -0.3 is 5.73 Å². The third-order valence-corrected chi connectivity index (χ3v) is 5.49. The molecule has 150 valence electrons. The van der Waals surface area contributed by atoms with Gasteiger partial charge in [-0.05, 0) is 53.8 Å². The molecule has 1 aliphatic carbocycles. The molecule has 0 saturated carbocycles. The van der Waals surface area contributed by atoms with E-state index in [0.717, 1.165) is 17.8 Å². The van der Waals surface area contributed by atoms with Gasteiger partial charge in [-0.15, -0.1) is 0 Å². The number of nitrogens with zero attached hydrogens (tertiary/aromatic N) is 1. The monoisotopic (exact) mass is 384 g/mol. The van der Waals surface area contributed by atoms with Gasteiger partial charge in [0.05, 0.1) is 11.4 Å². The summed E-state index contributed by atoms with van der Waals surface area (Å²) in [5, 5.41) is 0. The molecule has 2 heteroatoms. The van der Waals surface area contributed by atoms with E-state index in [2.05, 4.69) is 64.1 Å². The third kappa shape index (κ3) is 4.95. The van der Waals surface area contributed by atoms with Crippen LogP contribution < -0.4 is 5.73 Å². The molecule has 2 N–H and O–H groups in total. The van der Waals surface area contributed by atoms with Crippen LogP contribution in [0.1, 0.15) is 45.6 Å². The van der Waals surface area contributed by atoms with Gasteiger partial charge in [0.2, 0.25) is 0 Å². The average molecular weight is 385 g/mol. The van der Waals surface area contributed by atoms with Crippen molar-refractivity contribution in [1.82, 2.24) is 0 Å². The van der Waals surface area contributed by atoms with Crippen molar-refractivity contribution in [3.63, 3.8) is 0 Å². The second-order valence-electron chi connectivity index (χ2n) is 8.24. The second-order valence-corrected chi connectivity index (χ2v) is 8.24. The zero-order valence-electron chi connectivity index (χ0n) is 18.0. The highest BCUT2D eigenvalue weighted by molar-refractivity contribution is 6.13. The van der Waals surface area contributed by atoms with Crippen molar-refractivity contribution in [3.05, 3.63) is 101 Å². The molecule has 0 bridgehead atoms. The van der Waals surface area contributed by atoms with E-state index in [1.165, 1.54) is 22.3 Å². The van der Waals surface area contributed by atoms with Crippen molar-refractivity contribution >= 4 is 11.4 Å². The minimum Gasteiger partial charge on any atom is -0.405 e. The fourth-order valence-corrected chi connectivity index (χ4v) is 4.02. The highest BCUT2D eigenvalue weighted by atomic mass is 14.7. The van der Waals surface area contributed by atoms with E-state index in [9.17, 15) is 0 Å². The predicted molar refractivity (Wildman–Crippen MR) is 125 cm³/mol. The molecular weight excluding hydrogens is 352 g/mol. The fraction of sp³-hybridized carbons (Fsp3) is 0.296. The average Bonchev–Trinajstić information content (AvgIpc) is 2.73. The summed E-state index contributed by atoms with van der Waals surface area (Å²) in [6, 6.07) is 20.9. The standard InChI is InChI=1S/C27H32N2/c1-19(2)24-17-22(21-11-7-5-8-12-21)18-25(20(3)4)27(24)26(15-16-28)29-23-13-9-6-10-14-23/h5-17,19-20,22H,18,28H2,1-4H3/b16-15-,29-26?. The fourth-order valence-electron chi connectivity index (χ4n) is 4.02. The van der Waals surface area contributed by atoms with Gasteiger partial charge in [0.15, 0.2) is 0 Å². The van der Waals surface area contributed by atoms with Gasteiger partial charge in [-0.2, -0.15) is 0 Å². The van der Waals surface area contributed by atoms with Gasteiger partial charge in [-0.3, -0.25) is 0 Å². The van der Waals surface area contributed by atoms with Crippen LogP contribution in [0.3, 0.4) is 0 Å². The topological polar surface area (TPSA) is 38.4 Å². The molecule has 0 fully saturated rings. The van der Waals surface area contributed by atoms with Gasteiger partial charge >= 0.3 is 0 Å². The summed E-state index contributed by atoms with van der Waals surface area (Å²) in [6.45, 7) is 9.10. The van der Waals surface area contributed by atoms with Crippen LogP contribution in [0.2, 0.25) is 0 Å². The maximum Gasteiger partial charge on any atom is 0.0725 e. The van der Waals surface area contributed by atoms with Crippen LogP contribution in [0.4, 0.5) is 5.69 Å². The predicted octanol–water partition coefficient (Wildman–Crippen LogP) is 6.95. The number of nitrogens with two attached hydrogens (primary N) is 1. The van der Waals surface area contributed by atoms with Gasteiger partial charge in [-0.25, -0.2) is 4.99 Å². The Balaban J connectivity index is 2.17. The van der Waals surface area contributed by atoms with Gasteiger partial charge in [0, 0.05) is 11.5 Å². The SMILES string of the molecule is CC(C)C1=CC(c2ccccc2)CC(C(C)C)=C1C(/C=C\N)=Nc1ccccc1. The van der Waals surface area contributed by atoms with Crippen LogP contribution in [0.5, 0.6) is 0 Å². The summed E-state index contributed by atoms with van der Waals surface area (Å²) in [6.07, 6.45) is 7.02. The molecule has 3 rings (SSSR count). The Morgan fingerprint density at radius 2 is 1.55 bits per heavy atom. The number of para-hydroxylation sites is 1. The Hall–Kier alpha value is -2.87. The van der Waals surface area contributed by atoms with E-state index in [1.807, 2.05) is 36.4 Å².